The molecule has 1 saturated carbocycles. The van der Waals surface area contributed by atoms with Crippen LogP contribution >= 0.6 is 0 Å². The second-order valence-corrected chi connectivity index (χ2v) is 7.02. The lowest BCUT2D eigenvalue weighted by Gasteiger charge is -2.34. The van der Waals surface area contributed by atoms with E-state index >= 15 is 0 Å². The fourth-order valence-corrected chi connectivity index (χ4v) is 3.98. The van der Waals surface area contributed by atoms with Gasteiger partial charge in [-0.05, 0) is 25.3 Å². The van der Waals surface area contributed by atoms with Crippen LogP contribution in [0.3, 0.4) is 0 Å². The molecule has 3 aromatic rings. The smallest absolute Gasteiger partial charge is 0.258 e. The highest BCUT2D eigenvalue weighted by molar-refractivity contribution is 6.11. The Balaban J connectivity index is 1.71. The largest absolute Gasteiger partial charge is 0.479 e. The molecule has 136 valence electrons. The van der Waals surface area contributed by atoms with Gasteiger partial charge in [0.15, 0.2) is 0 Å². The summed E-state index contributed by atoms with van der Waals surface area (Å²) in [6.45, 7) is 0.527. The molecule has 5 rings (SSSR count). The van der Waals surface area contributed by atoms with Gasteiger partial charge in [0.05, 0.1) is 42.3 Å². The summed E-state index contributed by atoms with van der Waals surface area (Å²) in [5, 5.41) is 8.70. The fourth-order valence-electron chi connectivity index (χ4n) is 3.98. The van der Waals surface area contributed by atoms with Crippen molar-refractivity contribution in [1.29, 1.82) is 0 Å². The molecule has 2 aliphatic rings. The number of nitrogen functional groups attached to an aromatic ring is 1. The van der Waals surface area contributed by atoms with E-state index in [1.54, 1.807) is 13.3 Å². The van der Waals surface area contributed by atoms with Gasteiger partial charge in [0.2, 0.25) is 5.88 Å². The second kappa shape index (κ2) is 5.90. The highest BCUT2D eigenvalue weighted by atomic mass is 16.5. The number of anilines is 1. The number of fused-ring (bicyclic) bond motifs is 2. The van der Waals surface area contributed by atoms with Crippen molar-refractivity contribution in [2.75, 3.05) is 12.8 Å². The average Bonchev–Trinajstić information content (AvgIpc) is 2.96. The van der Waals surface area contributed by atoms with Gasteiger partial charge in [-0.15, -0.1) is 5.10 Å². The van der Waals surface area contributed by atoms with Crippen LogP contribution in [0.2, 0.25) is 0 Å². The van der Waals surface area contributed by atoms with E-state index in [4.69, 9.17) is 15.5 Å². The summed E-state index contributed by atoms with van der Waals surface area (Å²) in [7, 11) is 1.56. The molecule has 1 aromatic carbocycles. The van der Waals surface area contributed by atoms with E-state index in [9.17, 15) is 4.79 Å². The topological polar surface area (TPSA) is 94.2 Å². The van der Waals surface area contributed by atoms with Crippen molar-refractivity contribution in [3.8, 4) is 17.0 Å². The first-order valence-corrected chi connectivity index (χ1v) is 9.07. The van der Waals surface area contributed by atoms with Crippen molar-refractivity contribution in [2.24, 2.45) is 0 Å². The van der Waals surface area contributed by atoms with Crippen LogP contribution in [0, 0.1) is 0 Å². The van der Waals surface area contributed by atoms with Gasteiger partial charge < -0.3 is 15.4 Å². The number of nitrogens with two attached hydrogens (primary N) is 1. The summed E-state index contributed by atoms with van der Waals surface area (Å²) in [6, 6.07) is 7.93. The van der Waals surface area contributed by atoms with Gasteiger partial charge in [-0.2, -0.15) is 5.10 Å². The third-order valence-electron chi connectivity index (χ3n) is 5.61. The standard InChI is InChI=1S/C20H19N5O2/c1-27-19-13(8-9-22-24-19)12-6-3-7-14-17(21)16-15(23-18(12)14)10-25(20(16)26)11-4-2-5-11/h3,6-9,11H,2,4-5,10H2,1H3,(H2,21,23). The van der Waals surface area contributed by atoms with Crippen LogP contribution in [0.25, 0.3) is 22.0 Å². The van der Waals surface area contributed by atoms with Crippen LogP contribution < -0.4 is 10.5 Å². The molecule has 1 amide bonds. The Labute approximate surface area is 156 Å². The number of pyridine rings is 1. The zero-order chi connectivity index (χ0) is 18.5. The summed E-state index contributed by atoms with van der Waals surface area (Å²) in [5.74, 6) is 0.438. The molecule has 3 heterocycles. The predicted molar refractivity (Wildman–Crippen MR) is 101 cm³/mol. The van der Waals surface area contributed by atoms with Gasteiger partial charge in [-0.3, -0.25) is 4.79 Å². The summed E-state index contributed by atoms with van der Waals surface area (Å²) in [6.07, 6.45) is 4.92. The van der Waals surface area contributed by atoms with Crippen LogP contribution in [0.1, 0.15) is 35.3 Å². The first-order valence-electron chi connectivity index (χ1n) is 9.07. The minimum absolute atomic E-state index is 0.00941. The lowest BCUT2D eigenvalue weighted by molar-refractivity contribution is 0.0606. The zero-order valence-corrected chi connectivity index (χ0v) is 15.0. The Morgan fingerprint density at radius 2 is 2.07 bits per heavy atom. The highest BCUT2D eigenvalue weighted by Crippen LogP contribution is 2.40. The number of aromatic nitrogens is 3. The summed E-state index contributed by atoms with van der Waals surface area (Å²) >= 11 is 0. The summed E-state index contributed by atoms with van der Waals surface area (Å²) < 4.78 is 5.36. The molecule has 2 N–H and O–H groups in total. The second-order valence-electron chi connectivity index (χ2n) is 7.02. The lowest BCUT2D eigenvalue weighted by Crippen LogP contribution is -2.40. The van der Waals surface area contributed by atoms with Crippen LogP contribution in [0.4, 0.5) is 5.69 Å². The minimum Gasteiger partial charge on any atom is -0.479 e. The fraction of sp³-hybridized carbons (Fsp3) is 0.300. The van der Waals surface area contributed by atoms with E-state index in [0.717, 1.165) is 40.6 Å². The van der Waals surface area contributed by atoms with E-state index in [1.165, 1.54) is 6.42 Å². The van der Waals surface area contributed by atoms with Gasteiger partial charge in [-0.1, -0.05) is 18.2 Å². The molecule has 0 saturated heterocycles. The maximum atomic E-state index is 12.9. The van der Waals surface area contributed by atoms with Crippen molar-refractivity contribution in [3.63, 3.8) is 0 Å². The average molecular weight is 361 g/mol. The van der Waals surface area contributed by atoms with Crippen LogP contribution in [-0.2, 0) is 6.54 Å². The number of para-hydroxylation sites is 1. The van der Waals surface area contributed by atoms with Gasteiger partial charge in [0.1, 0.15) is 0 Å². The number of hydrogen-bond donors (Lipinski definition) is 1. The monoisotopic (exact) mass is 361 g/mol. The van der Waals surface area contributed by atoms with Gasteiger partial charge >= 0.3 is 0 Å². The number of rotatable bonds is 3. The maximum absolute atomic E-state index is 12.9. The van der Waals surface area contributed by atoms with Crippen LogP contribution in [-0.4, -0.2) is 39.1 Å². The highest BCUT2D eigenvalue weighted by Gasteiger charge is 2.38. The molecular weight excluding hydrogens is 342 g/mol. The summed E-state index contributed by atoms with van der Waals surface area (Å²) in [4.78, 5) is 19.7. The number of hydrogen-bond acceptors (Lipinski definition) is 6. The van der Waals surface area contributed by atoms with E-state index in [0.29, 0.717) is 29.7 Å². The van der Waals surface area contributed by atoms with Crippen LogP contribution in [0.15, 0.2) is 30.5 Å². The van der Waals surface area contributed by atoms with Crippen molar-refractivity contribution >= 4 is 22.5 Å². The zero-order valence-electron chi connectivity index (χ0n) is 15.0. The maximum Gasteiger partial charge on any atom is 0.258 e. The first kappa shape index (κ1) is 16.0. The van der Waals surface area contributed by atoms with E-state index in [2.05, 4.69) is 10.2 Å². The molecule has 1 aliphatic heterocycles. The number of benzene rings is 1. The SMILES string of the molecule is COc1nnccc1-c1cccc2c(N)c3c(nc12)CN(C1CCC1)C3=O. The van der Waals surface area contributed by atoms with Crippen molar-refractivity contribution in [1.82, 2.24) is 20.1 Å². The number of carbonyl (C=O) groups excluding carboxylic acids is 1. The van der Waals surface area contributed by atoms with E-state index < -0.39 is 0 Å². The van der Waals surface area contributed by atoms with Crippen molar-refractivity contribution in [2.45, 2.75) is 31.8 Å². The van der Waals surface area contributed by atoms with Gasteiger partial charge in [0.25, 0.3) is 5.91 Å². The number of methoxy groups -OCH3 is 1. The van der Waals surface area contributed by atoms with Crippen molar-refractivity contribution in [3.05, 3.63) is 41.7 Å². The number of ether oxygens (including phenoxy) is 1. The molecule has 27 heavy (non-hydrogen) atoms. The van der Waals surface area contributed by atoms with Crippen LogP contribution in [0.5, 0.6) is 5.88 Å². The predicted octanol–water partition coefficient (Wildman–Crippen LogP) is 2.79. The molecule has 0 radical (unpaired) electrons. The number of carbonyl (C=O) groups is 1. The van der Waals surface area contributed by atoms with Gasteiger partial charge in [0, 0.05) is 22.6 Å². The molecular formula is C20H19N5O2. The number of amides is 1. The molecule has 0 atom stereocenters. The third kappa shape index (κ3) is 2.27. The molecule has 1 aliphatic carbocycles. The Bertz CT molecular complexity index is 1080. The van der Waals surface area contributed by atoms with Crippen molar-refractivity contribution < 1.29 is 9.53 Å². The molecule has 1 fully saturated rings. The minimum atomic E-state index is 0.00941. The molecule has 0 spiro atoms. The first-order chi connectivity index (χ1) is 13.2. The molecule has 0 bridgehead atoms. The Kier molecular flexibility index (Phi) is 3.50. The molecule has 7 heteroatoms. The third-order valence-corrected chi connectivity index (χ3v) is 5.61. The quantitative estimate of drug-likeness (QED) is 0.771. The van der Waals surface area contributed by atoms with E-state index in [1.807, 2.05) is 29.2 Å². The normalized spacial score (nSPS) is 16.5. The van der Waals surface area contributed by atoms with E-state index in [-0.39, 0.29) is 5.91 Å². The Morgan fingerprint density at radius 3 is 2.81 bits per heavy atom. The number of nitrogens with zero attached hydrogens (tertiary/aromatic N) is 4. The molecule has 7 nitrogen and oxygen atoms in total. The Morgan fingerprint density at radius 1 is 1.22 bits per heavy atom. The van der Waals surface area contributed by atoms with Gasteiger partial charge in [-0.25, -0.2) is 4.98 Å². The lowest BCUT2D eigenvalue weighted by atomic mass is 9.92. The molecule has 0 unspecified atom stereocenters. The summed E-state index contributed by atoms with van der Waals surface area (Å²) in [5.41, 5.74) is 10.7. The molecule has 2 aromatic heterocycles. The Hall–Kier alpha value is -3.22.